The van der Waals surface area contributed by atoms with Crippen molar-refractivity contribution in [3.05, 3.63) is 29.8 Å². The van der Waals surface area contributed by atoms with Gasteiger partial charge in [0.25, 0.3) is 0 Å². The van der Waals surface area contributed by atoms with Gasteiger partial charge in [-0.3, -0.25) is 0 Å². The first-order chi connectivity index (χ1) is 8.60. The first kappa shape index (κ1) is 14.2. The molecule has 1 N–H and O–H groups in total. The van der Waals surface area contributed by atoms with Gasteiger partial charge in [-0.25, -0.2) is 8.42 Å². The topological polar surface area (TPSA) is 70.0 Å². The molecule has 18 heavy (non-hydrogen) atoms. The van der Waals surface area contributed by atoms with Gasteiger partial charge in [-0.05, 0) is 24.3 Å². The second-order valence-corrected chi connectivity index (χ2v) is 5.77. The third-order valence-electron chi connectivity index (χ3n) is 2.34. The Kier molecular flexibility index (Phi) is 5.38. The lowest BCUT2D eigenvalue weighted by Gasteiger charge is -2.05. The van der Waals surface area contributed by atoms with Crippen molar-refractivity contribution in [2.75, 3.05) is 18.8 Å². The zero-order valence-electron chi connectivity index (χ0n) is 9.89. The molecule has 1 aromatic rings. The standard InChI is InChI=1S/C13H14N2O2S/c1-2-3-8-15-9-10-18(16,17)13-6-4-12(11-14)5-7-13/h1,4-7,15H,3,8-10H2. The number of hydrogen-bond donors (Lipinski definition) is 1. The molecule has 0 radical (unpaired) electrons. The summed E-state index contributed by atoms with van der Waals surface area (Å²) in [4.78, 5) is 0.236. The van der Waals surface area contributed by atoms with Crippen LogP contribution >= 0.6 is 0 Å². The average molecular weight is 262 g/mol. The van der Waals surface area contributed by atoms with Crippen molar-refractivity contribution >= 4 is 9.84 Å². The van der Waals surface area contributed by atoms with Gasteiger partial charge in [-0.1, -0.05) is 0 Å². The molecule has 0 amide bonds. The Morgan fingerprint density at radius 3 is 2.44 bits per heavy atom. The maximum Gasteiger partial charge on any atom is 0.179 e. The summed E-state index contributed by atoms with van der Waals surface area (Å²) in [6.45, 7) is 0.976. The van der Waals surface area contributed by atoms with Crippen LogP contribution in [-0.2, 0) is 9.84 Å². The van der Waals surface area contributed by atoms with Crippen LogP contribution in [0.4, 0.5) is 0 Å². The number of rotatable bonds is 6. The molecule has 0 atom stereocenters. The predicted molar refractivity (Wildman–Crippen MR) is 69.5 cm³/mol. The molecule has 94 valence electrons. The maximum atomic E-state index is 11.9. The molecular weight excluding hydrogens is 248 g/mol. The van der Waals surface area contributed by atoms with E-state index in [0.29, 0.717) is 25.1 Å². The molecule has 0 aliphatic carbocycles. The van der Waals surface area contributed by atoms with Crippen LogP contribution in [0.15, 0.2) is 29.2 Å². The zero-order chi connectivity index (χ0) is 13.4. The second-order valence-electron chi connectivity index (χ2n) is 3.66. The minimum atomic E-state index is -3.30. The van der Waals surface area contributed by atoms with Crippen molar-refractivity contribution in [3.63, 3.8) is 0 Å². The van der Waals surface area contributed by atoms with Crippen LogP contribution in [-0.4, -0.2) is 27.3 Å². The van der Waals surface area contributed by atoms with Crippen LogP contribution in [0.3, 0.4) is 0 Å². The van der Waals surface area contributed by atoms with Crippen molar-refractivity contribution < 1.29 is 8.42 Å². The quantitative estimate of drug-likeness (QED) is 0.612. The molecule has 5 heteroatoms. The summed E-state index contributed by atoms with van der Waals surface area (Å²) in [6.07, 6.45) is 5.66. The van der Waals surface area contributed by atoms with Gasteiger partial charge in [0.1, 0.15) is 0 Å². The Hall–Kier alpha value is -1.82. The molecule has 0 saturated heterocycles. The van der Waals surface area contributed by atoms with Crippen LogP contribution in [0.25, 0.3) is 0 Å². The lowest BCUT2D eigenvalue weighted by molar-refractivity contribution is 0.591. The van der Waals surface area contributed by atoms with Crippen LogP contribution in [0.2, 0.25) is 0 Å². The summed E-state index contributed by atoms with van der Waals surface area (Å²) < 4.78 is 23.8. The lowest BCUT2D eigenvalue weighted by atomic mass is 10.2. The van der Waals surface area contributed by atoms with E-state index in [4.69, 9.17) is 11.7 Å². The summed E-state index contributed by atoms with van der Waals surface area (Å²) in [5, 5.41) is 11.6. The highest BCUT2D eigenvalue weighted by Crippen LogP contribution is 2.11. The van der Waals surface area contributed by atoms with Crippen molar-refractivity contribution in [2.45, 2.75) is 11.3 Å². The average Bonchev–Trinajstić information content (AvgIpc) is 2.38. The predicted octanol–water partition coefficient (Wildman–Crippen LogP) is 0.945. The van der Waals surface area contributed by atoms with Crippen LogP contribution in [0.5, 0.6) is 0 Å². The van der Waals surface area contributed by atoms with E-state index in [1.165, 1.54) is 24.3 Å². The summed E-state index contributed by atoms with van der Waals surface area (Å²) in [7, 11) is -3.30. The van der Waals surface area contributed by atoms with E-state index >= 15 is 0 Å². The van der Waals surface area contributed by atoms with E-state index in [2.05, 4.69) is 11.2 Å². The van der Waals surface area contributed by atoms with E-state index in [1.54, 1.807) is 0 Å². The Balaban J connectivity index is 2.58. The molecule has 0 unspecified atom stereocenters. The fourth-order valence-electron chi connectivity index (χ4n) is 1.35. The number of hydrogen-bond acceptors (Lipinski definition) is 4. The van der Waals surface area contributed by atoms with Gasteiger partial charge >= 0.3 is 0 Å². The number of sulfone groups is 1. The number of terminal acetylenes is 1. The zero-order valence-corrected chi connectivity index (χ0v) is 10.7. The smallest absolute Gasteiger partial charge is 0.179 e. The van der Waals surface area contributed by atoms with Crippen LogP contribution in [0, 0.1) is 23.7 Å². The van der Waals surface area contributed by atoms with E-state index in [9.17, 15) is 8.42 Å². The first-order valence-electron chi connectivity index (χ1n) is 5.47. The fourth-order valence-corrected chi connectivity index (χ4v) is 2.55. The summed E-state index contributed by atoms with van der Waals surface area (Å²) >= 11 is 0. The summed E-state index contributed by atoms with van der Waals surface area (Å²) in [5.41, 5.74) is 0.445. The molecule has 0 bridgehead atoms. The number of nitrogens with one attached hydrogen (secondary N) is 1. The molecule has 0 fully saturated rings. The van der Waals surface area contributed by atoms with E-state index in [0.717, 1.165) is 0 Å². The number of nitriles is 1. The van der Waals surface area contributed by atoms with Crippen molar-refractivity contribution in [1.29, 1.82) is 5.26 Å². The Morgan fingerprint density at radius 1 is 1.22 bits per heavy atom. The maximum absolute atomic E-state index is 11.9. The SMILES string of the molecule is C#CCCNCCS(=O)(=O)c1ccc(C#N)cc1. The fraction of sp³-hybridized carbons (Fsp3) is 0.308. The van der Waals surface area contributed by atoms with Gasteiger partial charge in [0.05, 0.1) is 22.3 Å². The van der Waals surface area contributed by atoms with Crippen molar-refractivity contribution in [3.8, 4) is 18.4 Å². The minimum absolute atomic E-state index is 0.0173. The Bertz CT molecular complexity index is 562. The summed E-state index contributed by atoms with van der Waals surface area (Å²) in [5.74, 6) is 2.48. The van der Waals surface area contributed by atoms with Gasteiger partial charge in [-0.15, -0.1) is 12.3 Å². The molecular formula is C13H14N2O2S. The van der Waals surface area contributed by atoms with Gasteiger partial charge in [0.2, 0.25) is 0 Å². The van der Waals surface area contributed by atoms with Crippen molar-refractivity contribution in [1.82, 2.24) is 5.32 Å². The summed E-state index contributed by atoms with van der Waals surface area (Å²) in [6, 6.07) is 7.85. The normalized spacial score (nSPS) is 10.6. The van der Waals surface area contributed by atoms with Gasteiger partial charge < -0.3 is 5.32 Å². The number of nitrogens with zero attached hydrogens (tertiary/aromatic N) is 1. The molecule has 0 aromatic heterocycles. The molecule has 0 spiro atoms. The highest BCUT2D eigenvalue weighted by molar-refractivity contribution is 7.91. The van der Waals surface area contributed by atoms with Crippen LogP contribution < -0.4 is 5.32 Å². The van der Waals surface area contributed by atoms with Crippen LogP contribution in [0.1, 0.15) is 12.0 Å². The molecule has 0 saturated carbocycles. The third kappa shape index (κ3) is 4.21. The molecule has 0 aliphatic rings. The van der Waals surface area contributed by atoms with Crippen molar-refractivity contribution in [2.24, 2.45) is 0 Å². The lowest BCUT2D eigenvalue weighted by Crippen LogP contribution is -2.23. The second kappa shape index (κ2) is 6.80. The molecule has 1 aromatic carbocycles. The van der Waals surface area contributed by atoms with E-state index < -0.39 is 9.84 Å². The minimum Gasteiger partial charge on any atom is -0.315 e. The Morgan fingerprint density at radius 2 is 1.89 bits per heavy atom. The molecule has 0 aliphatic heterocycles. The first-order valence-corrected chi connectivity index (χ1v) is 7.12. The van der Waals surface area contributed by atoms with Gasteiger partial charge in [-0.2, -0.15) is 5.26 Å². The van der Waals surface area contributed by atoms with Gasteiger partial charge in [0.15, 0.2) is 9.84 Å². The molecule has 0 heterocycles. The molecule has 4 nitrogen and oxygen atoms in total. The Labute approximate surface area is 108 Å². The number of benzene rings is 1. The van der Waals surface area contributed by atoms with E-state index in [-0.39, 0.29) is 10.6 Å². The molecule has 1 rings (SSSR count). The highest BCUT2D eigenvalue weighted by Gasteiger charge is 2.13. The van der Waals surface area contributed by atoms with E-state index in [1.807, 2.05) is 6.07 Å². The van der Waals surface area contributed by atoms with Gasteiger partial charge in [0, 0.05) is 19.5 Å². The largest absolute Gasteiger partial charge is 0.315 e. The third-order valence-corrected chi connectivity index (χ3v) is 4.07. The highest BCUT2D eigenvalue weighted by atomic mass is 32.2. The monoisotopic (exact) mass is 262 g/mol.